The maximum absolute atomic E-state index is 13.4. The highest BCUT2D eigenvalue weighted by molar-refractivity contribution is 7.16. The van der Waals surface area contributed by atoms with Crippen LogP contribution in [0, 0.1) is 11.3 Å². The molecule has 0 saturated heterocycles. The molecule has 0 fully saturated rings. The van der Waals surface area contributed by atoms with Crippen LogP contribution < -0.4 is 10.9 Å². The third-order valence-electron chi connectivity index (χ3n) is 5.16. The lowest BCUT2D eigenvalue weighted by Gasteiger charge is -2.08. The molecule has 2 N–H and O–H groups in total. The van der Waals surface area contributed by atoms with E-state index in [4.69, 9.17) is 16.0 Å². The van der Waals surface area contributed by atoms with Gasteiger partial charge in [-0.05, 0) is 41.9 Å². The van der Waals surface area contributed by atoms with Gasteiger partial charge in [0, 0.05) is 22.1 Å². The van der Waals surface area contributed by atoms with Crippen LogP contribution in [0.4, 0.5) is 5.82 Å². The Morgan fingerprint density at radius 3 is 2.81 bits per heavy atom. The number of hydrogen-bond acceptors (Lipinski definition) is 10. The molecule has 13 heteroatoms. The molecule has 5 aromatic heterocycles. The van der Waals surface area contributed by atoms with E-state index in [1.54, 1.807) is 18.3 Å². The van der Waals surface area contributed by atoms with E-state index in [1.807, 2.05) is 6.07 Å². The number of halogens is 1. The molecule has 5 aromatic rings. The number of furan rings is 1. The second-order valence-corrected chi connectivity index (χ2v) is 10.2. The fraction of sp³-hybridized carbons (Fsp3) is 0.0870. The number of carbonyl (C=O) groups excluding carboxylic acids is 1. The molecule has 5 rings (SSSR count). The summed E-state index contributed by atoms with van der Waals surface area (Å²) < 4.78 is 12.0. The molecule has 0 saturated carbocycles. The van der Waals surface area contributed by atoms with Crippen LogP contribution in [0.3, 0.4) is 0 Å². The highest BCUT2D eigenvalue weighted by Gasteiger charge is 2.26. The van der Waals surface area contributed by atoms with Crippen molar-refractivity contribution in [2.75, 3.05) is 5.32 Å². The van der Waals surface area contributed by atoms with E-state index in [1.165, 1.54) is 58.3 Å². The molecule has 0 aliphatic carbocycles. The number of nitrogens with zero attached hydrogens (tertiary/aromatic N) is 5. The molecule has 180 valence electrons. The SMILES string of the molecule is N#Cc1c(-c2cc(O)cn(Cc3ccns3)c2=O)nn(C(=O)c2ccoc2)c1NCc1ccc(Cl)s1. The van der Waals surface area contributed by atoms with E-state index in [0.29, 0.717) is 4.34 Å². The second-order valence-electron chi connectivity index (χ2n) is 7.50. The standard InChI is InChI=1S/C23H15ClN6O4S2/c24-19-2-1-15(35-19)9-26-21-18(8-25)20(28-30(21)22(32)13-4-6-34-12-13)17-7-14(31)10-29(23(17)33)11-16-3-5-27-36-16/h1-7,10,12,26,31H,9,11H2. The molecule has 10 nitrogen and oxygen atoms in total. The minimum Gasteiger partial charge on any atom is -0.506 e. The molecule has 0 bridgehead atoms. The maximum atomic E-state index is 13.4. The first-order valence-electron chi connectivity index (χ1n) is 10.4. The Bertz CT molecular complexity index is 1640. The van der Waals surface area contributed by atoms with Crippen LogP contribution in [-0.4, -0.2) is 29.7 Å². The summed E-state index contributed by atoms with van der Waals surface area (Å²) in [5, 5.41) is 27.9. The van der Waals surface area contributed by atoms with Gasteiger partial charge in [-0.25, -0.2) is 4.37 Å². The minimum absolute atomic E-state index is 0.0264. The number of nitrogens with one attached hydrogen (secondary N) is 1. The van der Waals surface area contributed by atoms with Crippen LogP contribution in [0.5, 0.6) is 5.75 Å². The van der Waals surface area contributed by atoms with Crippen molar-refractivity contribution in [3.8, 4) is 23.1 Å². The van der Waals surface area contributed by atoms with Gasteiger partial charge in [0.1, 0.15) is 29.3 Å². The number of carbonyl (C=O) groups is 1. The number of hydrogen-bond donors (Lipinski definition) is 2. The quantitative estimate of drug-likeness (QED) is 0.311. The van der Waals surface area contributed by atoms with E-state index in [0.717, 1.165) is 14.4 Å². The van der Waals surface area contributed by atoms with Gasteiger partial charge in [0.15, 0.2) is 5.82 Å². The van der Waals surface area contributed by atoms with E-state index >= 15 is 0 Å². The molecule has 36 heavy (non-hydrogen) atoms. The second kappa shape index (κ2) is 9.82. The number of thiophene rings is 1. The molecular formula is C23H15ClN6O4S2. The third-order valence-corrected chi connectivity index (χ3v) is 7.12. The van der Waals surface area contributed by atoms with Crippen molar-refractivity contribution < 1.29 is 14.3 Å². The number of aromatic hydroxyl groups is 1. The van der Waals surface area contributed by atoms with Crippen LogP contribution in [-0.2, 0) is 13.1 Å². The third kappa shape index (κ3) is 4.55. The van der Waals surface area contributed by atoms with Crippen LogP contribution in [0.2, 0.25) is 4.34 Å². The lowest BCUT2D eigenvalue weighted by molar-refractivity contribution is 0.0947. The van der Waals surface area contributed by atoms with Gasteiger partial charge in [-0.15, -0.1) is 11.3 Å². The summed E-state index contributed by atoms with van der Waals surface area (Å²) in [4.78, 5) is 28.2. The molecule has 0 unspecified atom stereocenters. The first-order chi connectivity index (χ1) is 17.4. The minimum atomic E-state index is -0.566. The summed E-state index contributed by atoms with van der Waals surface area (Å²) in [6.07, 6.45) is 5.52. The van der Waals surface area contributed by atoms with Crippen molar-refractivity contribution in [3.05, 3.63) is 90.8 Å². The predicted molar refractivity (Wildman–Crippen MR) is 135 cm³/mol. The fourth-order valence-corrected chi connectivity index (χ4v) is 5.15. The van der Waals surface area contributed by atoms with Crippen molar-refractivity contribution >= 4 is 46.2 Å². The summed E-state index contributed by atoms with van der Waals surface area (Å²) in [6.45, 7) is 0.428. The monoisotopic (exact) mass is 538 g/mol. The smallest absolute Gasteiger partial charge is 0.283 e. The van der Waals surface area contributed by atoms with Gasteiger partial charge in [-0.2, -0.15) is 15.0 Å². The van der Waals surface area contributed by atoms with Crippen LogP contribution >= 0.6 is 34.5 Å². The van der Waals surface area contributed by atoms with E-state index in [-0.39, 0.29) is 47.0 Å². The Morgan fingerprint density at radius 1 is 1.28 bits per heavy atom. The maximum Gasteiger partial charge on any atom is 0.283 e. The molecule has 0 radical (unpaired) electrons. The number of pyridine rings is 1. The van der Waals surface area contributed by atoms with Crippen molar-refractivity contribution in [1.29, 1.82) is 5.26 Å². The summed E-state index contributed by atoms with van der Waals surface area (Å²) in [6, 6.07) is 10.1. The molecule has 0 amide bonds. The highest BCUT2D eigenvalue weighted by Crippen LogP contribution is 2.30. The number of rotatable bonds is 7. The van der Waals surface area contributed by atoms with E-state index < -0.39 is 11.5 Å². The molecule has 0 spiro atoms. The average molecular weight is 539 g/mol. The van der Waals surface area contributed by atoms with Crippen LogP contribution in [0.25, 0.3) is 11.3 Å². The summed E-state index contributed by atoms with van der Waals surface area (Å²) in [5.41, 5.74) is -0.387. The molecule has 0 aromatic carbocycles. The van der Waals surface area contributed by atoms with Gasteiger partial charge in [-0.3, -0.25) is 9.59 Å². The zero-order valence-electron chi connectivity index (χ0n) is 18.2. The highest BCUT2D eigenvalue weighted by atomic mass is 35.5. The van der Waals surface area contributed by atoms with Gasteiger partial charge in [-0.1, -0.05) is 11.6 Å². The number of aromatic nitrogens is 4. The lowest BCUT2D eigenvalue weighted by atomic mass is 10.1. The number of nitriles is 1. The summed E-state index contributed by atoms with van der Waals surface area (Å²) in [5.74, 6) is -0.667. The Balaban J connectivity index is 1.64. The van der Waals surface area contributed by atoms with Gasteiger partial charge >= 0.3 is 0 Å². The Kier molecular flexibility index (Phi) is 6.43. The number of anilines is 1. The molecule has 0 atom stereocenters. The van der Waals surface area contributed by atoms with Crippen molar-refractivity contribution in [3.63, 3.8) is 0 Å². The van der Waals surface area contributed by atoms with Crippen molar-refractivity contribution in [1.82, 2.24) is 18.7 Å². The van der Waals surface area contributed by atoms with Gasteiger partial charge in [0.05, 0.1) is 34.8 Å². The topological polar surface area (TPSA) is 139 Å². The molecular weight excluding hydrogens is 524 g/mol. The fourth-order valence-electron chi connectivity index (χ4n) is 3.55. The van der Waals surface area contributed by atoms with E-state index in [9.17, 15) is 20.0 Å². The Hall–Kier alpha value is -4.18. The van der Waals surface area contributed by atoms with E-state index in [2.05, 4.69) is 20.9 Å². The molecule has 0 aliphatic heterocycles. The molecule has 5 heterocycles. The zero-order valence-corrected chi connectivity index (χ0v) is 20.6. The van der Waals surface area contributed by atoms with Crippen molar-refractivity contribution in [2.45, 2.75) is 13.1 Å². The zero-order chi connectivity index (χ0) is 25.2. The first-order valence-corrected chi connectivity index (χ1v) is 12.3. The Labute approximate surface area is 216 Å². The summed E-state index contributed by atoms with van der Waals surface area (Å²) >= 11 is 8.59. The first kappa shape index (κ1) is 23.6. The van der Waals surface area contributed by atoms with Gasteiger partial charge < -0.3 is 19.4 Å². The lowest BCUT2D eigenvalue weighted by Crippen LogP contribution is -2.22. The average Bonchev–Trinajstić information content (AvgIpc) is 3.67. The van der Waals surface area contributed by atoms with Gasteiger partial charge in [0.25, 0.3) is 11.5 Å². The predicted octanol–water partition coefficient (Wildman–Crippen LogP) is 4.40. The molecule has 0 aliphatic rings. The largest absolute Gasteiger partial charge is 0.506 e. The summed E-state index contributed by atoms with van der Waals surface area (Å²) in [7, 11) is 0. The Morgan fingerprint density at radius 2 is 2.14 bits per heavy atom. The van der Waals surface area contributed by atoms with Crippen LogP contribution in [0.1, 0.15) is 25.7 Å². The van der Waals surface area contributed by atoms with Crippen molar-refractivity contribution in [2.24, 2.45) is 0 Å². The van der Waals surface area contributed by atoms with Gasteiger partial charge in [0.2, 0.25) is 0 Å². The van der Waals surface area contributed by atoms with Crippen LogP contribution in [0.15, 0.2) is 64.5 Å². The normalized spacial score (nSPS) is 10.9.